The van der Waals surface area contributed by atoms with Crippen LogP contribution < -0.4 is 30.7 Å². The van der Waals surface area contributed by atoms with Crippen LogP contribution in [0.15, 0.2) is 73.6 Å². The van der Waals surface area contributed by atoms with Gasteiger partial charge in [0, 0.05) is 95.3 Å². The van der Waals surface area contributed by atoms with Gasteiger partial charge in [-0.15, -0.1) is 0 Å². The van der Waals surface area contributed by atoms with Gasteiger partial charge in [0.05, 0.1) is 44.5 Å². The number of piperidine rings is 2. The summed E-state index contributed by atoms with van der Waals surface area (Å²) >= 11 is 0. The third kappa shape index (κ3) is 16.9. The minimum atomic E-state index is -0.748. The maximum atomic E-state index is 13.8. The molecule has 2 aromatic heterocycles. The molecule has 4 heterocycles. The number of likely N-dealkylation sites (tertiary alicyclic amines) is 2. The standard InChI is InChI=1S/C30H45N5O4.C26H37N5O5/c1-3-19-39-30(24-7-5-4-6-8-24)14-17-35(18-15-30)28(36)27(20-23-9-11-26(38-2)12-10-23)34-29(37)32-16-13-25-21-31-22-33-25;1-4-26(24(33)36-5-2)11-14-31(15-12-26)23(32)22(16-19-6-8-21(35-3)9-7-19)30-25(34)28-13-10-20-17-27-18-29-20/h9-12,21-22,24,27H,3-8,13-20H2,1-2H3,(H,31,33)(H2,32,34,37);6-9,17-18,22H,4-5,10-16H2,1-3H3,(H,27,29)(H2,28,30,34). The molecular formula is C56H82N10O9. The molecule has 410 valence electrons. The van der Waals surface area contributed by atoms with Crippen molar-refractivity contribution in [2.45, 2.75) is 135 Å². The van der Waals surface area contributed by atoms with Gasteiger partial charge in [0.15, 0.2) is 0 Å². The molecule has 19 nitrogen and oxygen atoms in total. The second kappa shape index (κ2) is 29.5. The number of carbonyl (C=O) groups excluding carboxylic acids is 5. The molecule has 2 unspecified atom stereocenters. The Labute approximate surface area is 442 Å². The number of nitrogens with one attached hydrogen (secondary N) is 6. The average Bonchev–Trinajstić information content (AvgIpc) is 4.18. The van der Waals surface area contributed by atoms with Crippen LogP contribution in [-0.4, -0.2) is 144 Å². The summed E-state index contributed by atoms with van der Waals surface area (Å²) in [6.45, 7) is 10.1. The van der Waals surface area contributed by atoms with Crippen molar-refractivity contribution in [3.63, 3.8) is 0 Å². The van der Waals surface area contributed by atoms with E-state index in [-0.39, 0.29) is 29.4 Å². The van der Waals surface area contributed by atoms with Crippen molar-refractivity contribution < 1.29 is 42.9 Å². The van der Waals surface area contributed by atoms with Crippen molar-refractivity contribution in [2.75, 3.05) is 66.7 Å². The Morgan fingerprint density at radius 1 is 0.667 bits per heavy atom. The van der Waals surface area contributed by atoms with Crippen LogP contribution in [-0.2, 0) is 49.5 Å². The molecule has 19 heteroatoms. The molecule has 6 N–H and O–H groups in total. The summed E-state index contributed by atoms with van der Waals surface area (Å²) in [4.78, 5) is 83.1. The number of amides is 6. The number of nitrogens with zero attached hydrogens (tertiary/aromatic N) is 4. The predicted octanol–water partition coefficient (Wildman–Crippen LogP) is 6.69. The van der Waals surface area contributed by atoms with E-state index in [4.69, 9.17) is 18.9 Å². The zero-order valence-electron chi connectivity index (χ0n) is 44.9. The number of aromatic nitrogens is 4. The fourth-order valence-electron chi connectivity index (χ4n) is 10.6. The number of imidazole rings is 2. The van der Waals surface area contributed by atoms with E-state index in [1.54, 1.807) is 51.1 Å². The lowest BCUT2D eigenvalue weighted by Gasteiger charge is -2.48. The molecule has 1 aliphatic carbocycles. The fourth-order valence-corrected chi connectivity index (χ4v) is 10.6. The summed E-state index contributed by atoms with van der Waals surface area (Å²) in [7, 11) is 3.23. The number of hydrogen-bond acceptors (Lipinski definition) is 11. The monoisotopic (exact) mass is 1040 g/mol. The summed E-state index contributed by atoms with van der Waals surface area (Å²) in [5, 5.41) is 11.5. The zero-order valence-corrected chi connectivity index (χ0v) is 44.9. The van der Waals surface area contributed by atoms with Gasteiger partial charge in [-0.1, -0.05) is 57.4 Å². The van der Waals surface area contributed by atoms with E-state index in [9.17, 15) is 24.0 Å². The number of benzene rings is 2. The first-order valence-electron chi connectivity index (χ1n) is 27.1. The van der Waals surface area contributed by atoms with E-state index in [2.05, 4.69) is 48.1 Å². The van der Waals surface area contributed by atoms with Crippen molar-refractivity contribution in [1.29, 1.82) is 0 Å². The van der Waals surface area contributed by atoms with Gasteiger partial charge in [-0.25, -0.2) is 19.6 Å². The first-order chi connectivity index (χ1) is 36.4. The summed E-state index contributed by atoms with van der Waals surface area (Å²) in [6, 6.07) is 12.9. The Balaban J connectivity index is 0.000000245. The number of carbonyl (C=O) groups is 5. The second-order valence-corrected chi connectivity index (χ2v) is 19.9. The molecule has 2 saturated heterocycles. The summed E-state index contributed by atoms with van der Waals surface area (Å²) in [5.41, 5.74) is 3.04. The van der Waals surface area contributed by atoms with Crippen LogP contribution in [0.4, 0.5) is 9.59 Å². The topological polar surface area (TPSA) is 234 Å². The molecule has 6 amide bonds. The minimum Gasteiger partial charge on any atom is -0.497 e. The molecule has 2 aliphatic heterocycles. The van der Waals surface area contributed by atoms with Crippen molar-refractivity contribution in [1.82, 2.24) is 51.0 Å². The van der Waals surface area contributed by atoms with E-state index in [1.165, 1.54) is 32.1 Å². The number of H-pyrrole nitrogens is 2. The van der Waals surface area contributed by atoms with Crippen LogP contribution in [0.5, 0.6) is 11.5 Å². The van der Waals surface area contributed by atoms with Gasteiger partial charge in [-0.05, 0) is 99.6 Å². The molecule has 1 saturated carbocycles. The van der Waals surface area contributed by atoms with Gasteiger partial charge in [0.1, 0.15) is 23.6 Å². The Bertz CT molecular complexity index is 2320. The molecule has 4 aromatic rings. The Morgan fingerprint density at radius 2 is 1.13 bits per heavy atom. The lowest BCUT2D eigenvalue weighted by molar-refractivity contribution is -0.160. The Hall–Kier alpha value is -6.63. The third-order valence-corrected chi connectivity index (χ3v) is 15.2. The van der Waals surface area contributed by atoms with Crippen LogP contribution >= 0.6 is 0 Å². The Kier molecular flexibility index (Phi) is 22.6. The fraction of sp³-hybridized carbons (Fsp3) is 0.589. The summed E-state index contributed by atoms with van der Waals surface area (Å²) in [5.74, 6) is 1.66. The smallest absolute Gasteiger partial charge is 0.315 e. The molecule has 3 aliphatic rings. The molecule has 0 spiro atoms. The quantitative estimate of drug-likeness (QED) is 0.0428. The molecule has 75 heavy (non-hydrogen) atoms. The highest BCUT2D eigenvalue weighted by molar-refractivity contribution is 5.88. The number of rotatable bonds is 23. The average molecular weight is 1040 g/mol. The maximum Gasteiger partial charge on any atom is 0.315 e. The second-order valence-electron chi connectivity index (χ2n) is 19.9. The van der Waals surface area contributed by atoms with Crippen LogP contribution in [0.2, 0.25) is 0 Å². The van der Waals surface area contributed by atoms with Crippen molar-refractivity contribution in [3.05, 3.63) is 96.1 Å². The van der Waals surface area contributed by atoms with Gasteiger partial charge in [-0.2, -0.15) is 0 Å². The van der Waals surface area contributed by atoms with Gasteiger partial charge in [0.25, 0.3) is 0 Å². The van der Waals surface area contributed by atoms with Crippen LogP contribution in [0.1, 0.15) is 114 Å². The van der Waals surface area contributed by atoms with Crippen LogP contribution in [0.3, 0.4) is 0 Å². The molecule has 0 bridgehead atoms. The van der Waals surface area contributed by atoms with Gasteiger partial charge in [-0.3, -0.25) is 14.4 Å². The van der Waals surface area contributed by atoms with Crippen molar-refractivity contribution in [2.24, 2.45) is 11.3 Å². The van der Waals surface area contributed by atoms with Crippen molar-refractivity contribution >= 4 is 29.8 Å². The lowest BCUT2D eigenvalue weighted by Crippen LogP contribution is -2.57. The van der Waals surface area contributed by atoms with Gasteiger partial charge >= 0.3 is 18.0 Å². The third-order valence-electron chi connectivity index (χ3n) is 15.2. The normalized spacial score (nSPS) is 17.0. The van der Waals surface area contributed by atoms with E-state index in [1.807, 2.05) is 60.4 Å². The molecule has 7 rings (SSSR count). The van der Waals surface area contributed by atoms with E-state index >= 15 is 0 Å². The van der Waals surface area contributed by atoms with Crippen LogP contribution in [0, 0.1) is 11.3 Å². The number of ether oxygens (including phenoxy) is 4. The first-order valence-corrected chi connectivity index (χ1v) is 27.1. The van der Waals surface area contributed by atoms with Crippen molar-refractivity contribution in [3.8, 4) is 11.5 Å². The molecule has 2 atom stereocenters. The SMILES string of the molecule is CCCOC1(C2CCCCC2)CCN(C(=O)C(Cc2ccc(OC)cc2)NC(=O)NCCc2cnc[nH]2)CC1.CCOC(=O)C1(CC)CCN(C(=O)C(Cc2ccc(OC)cc2)NC(=O)NCCc2cnc[nH]2)CC1. The van der Waals surface area contributed by atoms with Gasteiger partial charge < -0.3 is 60.0 Å². The number of esters is 1. The maximum absolute atomic E-state index is 13.8. The number of methoxy groups -OCH3 is 2. The van der Waals surface area contributed by atoms with Crippen LogP contribution in [0.25, 0.3) is 0 Å². The molecular weight excluding hydrogens is 957 g/mol. The number of urea groups is 2. The van der Waals surface area contributed by atoms with Gasteiger partial charge in [0.2, 0.25) is 11.8 Å². The zero-order chi connectivity index (χ0) is 53.5. The number of hydrogen-bond donors (Lipinski definition) is 6. The summed E-state index contributed by atoms with van der Waals surface area (Å²) < 4.78 is 22.4. The first kappa shape index (κ1) is 57.6. The van der Waals surface area contributed by atoms with E-state index < -0.39 is 23.5 Å². The minimum absolute atomic E-state index is 0.0396. The number of aromatic amines is 2. The van der Waals surface area contributed by atoms with E-state index in [0.29, 0.717) is 96.7 Å². The lowest BCUT2D eigenvalue weighted by atomic mass is 9.72. The molecule has 3 fully saturated rings. The highest BCUT2D eigenvalue weighted by atomic mass is 16.5. The molecule has 2 aromatic carbocycles. The largest absolute Gasteiger partial charge is 0.497 e. The Morgan fingerprint density at radius 3 is 1.53 bits per heavy atom. The van der Waals surface area contributed by atoms with E-state index in [0.717, 1.165) is 59.9 Å². The highest BCUT2D eigenvalue weighted by Gasteiger charge is 2.45. The summed E-state index contributed by atoms with van der Waals surface area (Å²) in [6.07, 6.45) is 19.4. The molecule has 0 radical (unpaired) electrons. The predicted molar refractivity (Wildman–Crippen MR) is 285 cm³/mol. The highest BCUT2D eigenvalue weighted by Crippen LogP contribution is 2.42.